The Balaban J connectivity index is 0. The zero-order valence-electron chi connectivity index (χ0n) is 4.37. The molecule has 0 unspecified atom stereocenters. The summed E-state index contributed by atoms with van der Waals surface area (Å²) in [6.07, 6.45) is 0.802. The summed E-state index contributed by atoms with van der Waals surface area (Å²) < 4.78 is -0.514. The highest BCUT2D eigenvalue weighted by Gasteiger charge is 2.10. The van der Waals surface area contributed by atoms with Gasteiger partial charge in [-0.25, -0.2) is 0 Å². The first-order chi connectivity index (χ1) is 2.56. The predicted molar refractivity (Wildman–Crippen MR) is 37.7 cm³/mol. The smallest absolute Gasteiger partial charge is 0.115 e. The molecule has 0 aromatic rings. The molecule has 0 spiro atoms. The SMILES string of the molecule is CCC(C)(Cl)Cl.Cl. The average molecular weight is 163 g/mol. The maximum Gasteiger partial charge on any atom is 0.115 e. The van der Waals surface area contributed by atoms with E-state index >= 15 is 0 Å². The number of halogens is 3. The van der Waals surface area contributed by atoms with E-state index in [-0.39, 0.29) is 12.4 Å². The van der Waals surface area contributed by atoms with Gasteiger partial charge in [-0.15, -0.1) is 35.6 Å². The van der Waals surface area contributed by atoms with Crippen LogP contribution in [0.1, 0.15) is 20.3 Å². The van der Waals surface area contributed by atoms with Crippen LogP contribution >= 0.6 is 35.6 Å². The molecule has 0 atom stereocenters. The van der Waals surface area contributed by atoms with Crippen LogP contribution in [0, 0.1) is 0 Å². The van der Waals surface area contributed by atoms with Crippen LogP contribution in [0.25, 0.3) is 0 Å². The van der Waals surface area contributed by atoms with E-state index in [9.17, 15) is 0 Å². The highest BCUT2D eigenvalue weighted by Crippen LogP contribution is 2.22. The van der Waals surface area contributed by atoms with E-state index < -0.39 is 4.33 Å². The Morgan fingerprint density at radius 2 is 1.57 bits per heavy atom. The zero-order chi connectivity index (χ0) is 5.21. The summed E-state index contributed by atoms with van der Waals surface area (Å²) in [7, 11) is 0. The van der Waals surface area contributed by atoms with Gasteiger partial charge in [-0.1, -0.05) is 6.92 Å². The van der Waals surface area contributed by atoms with Gasteiger partial charge in [-0.3, -0.25) is 0 Å². The van der Waals surface area contributed by atoms with Crippen LogP contribution in [-0.2, 0) is 0 Å². The first-order valence-corrected chi connectivity index (χ1v) is 2.69. The molecule has 0 aromatic carbocycles. The molecule has 0 N–H and O–H groups in total. The molecular formula is C4H9Cl3. The fourth-order valence-electron chi connectivity index (χ4n) is 0. The Morgan fingerprint density at radius 1 is 1.43 bits per heavy atom. The number of alkyl halides is 2. The molecule has 0 saturated heterocycles. The molecular weight excluding hydrogens is 154 g/mol. The third-order valence-corrected chi connectivity index (χ3v) is 1.16. The summed E-state index contributed by atoms with van der Waals surface area (Å²) in [5, 5.41) is 0. The van der Waals surface area contributed by atoms with Gasteiger partial charge in [0.05, 0.1) is 0 Å². The quantitative estimate of drug-likeness (QED) is 0.521. The molecule has 0 rings (SSSR count). The topological polar surface area (TPSA) is 0 Å². The first kappa shape index (κ1) is 10.8. The molecule has 0 amide bonds. The summed E-state index contributed by atoms with van der Waals surface area (Å²) in [5.41, 5.74) is 0. The first-order valence-electron chi connectivity index (χ1n) is 1.94. The molecule has 3 heteroatoms. The lowest BCUT2D eigenvalue weighted by Crippen LogP contribution is -2.00. The van der Waals surface area contributed by atoms with Crippen molar-refractivity contribution in [2.75, 3.05) is 0 Å². The summed E-state index contributed by atoms with van der Waals surface area (Å²) in [4.78, 5) is 0. The Bertz CT molecular complexity index is 36.7. The van der Waals surface area contributed by atoms with Gasteiger partial charge in [-0.05, 0) is 13.3 Å². The van der Waals surface area contributed by atoms with Gasteiger partial charge in [-0.2, -0.15) is 0 Å². The molecule has 0 nitrogen and oxygen atoms in total. The minimum atomic E-state index is -0.514. The van der Waals surface area contributed by atoms with E-state index in [1.165, 1.54) is 0 Å². The molecule has 46 valence electrons. The number of rotatable bonds is 1. The predicted octanol–water partition coefficient (Wildman–Crippen LogP) is 3.01. The molecule has 0 aromatic heterocycles. The summed E-state index contributed by atoms with van der Waals surface area (Å²) in [6, 6.07) is 0. The number of hydrogen-bond acceptors (Lipinski definition) is 0. The summed E-state index contributed by atoms with van der Waals surface area (Å²) in [5.74, 6) is 0. The molecule has 0 aliphatic heterocycles. The van der Waals surface area contributed by atoms with Gasteiger partial charge in [0.25, 0.3) is 0 Å². The van der Waals surface area contributed by atoms with Crippen LogP contribution < -0.4 is 0 Å². The van der Waals surface area contributed by atoms with Crippen LogP contribution in [0.3, 0.4) is 0 Å². The van der Waals surface area contributed by atoms with Crippen molar-refractivity contribution in [1.29, 1.82) is 0 Å². The highest BCUT2D eigenvalue weighted by molar-refractivity contribution is 6.48. The van der Waals surface area contributed by atoms with Crippen molar-refractivity contribution >= 4 is 35.6 Å². The van der Waals surface area contributed by atoms with Crippen molar-refractivity contribution < 1.29 is 0 Å². The lowest BCUT2D eigenvalue weighted by Gasteiger charge is -2.05. The molecule has 0 bridgehead atoms. The van der Waals surface area contributed by atoms with E-state index in [2.05, 4.69) is 0 Å². The van der Waals surface area contributed by atoms with Crippen LogP contribution in [-0.4, -0.2) is 4.33 Å². The minimum Gasteiger partial charge on any atom is -0.147 e. The van der Waals surface area contributed by atoms with Crippen LogP contribution in [0.2, 0.25) is 0 Å². The average Bonchev–Trinajstić information content (AvgIpc) is 1.35. The number of hydrogen-bond donors (Lipinski definition) is 0. The van der Waals surface area contributed by atoms with Gasteiger partial charge in [0.15, 0.2) is 0 Å². The van der Waals surface area contributed by atoms with Gasteiger partial charge in [0, 0.05) is 0 Å². The van der Waals surface area contributed by atoms with Crippen molar-refractivity contribution in [1.82, 2.24) is 0 Å². The van der Waals surface area contributed by atoms with Crippen molar-refractivity contribution in [2.45, 2.75) is 24.6 Å². The van der Waals surface area contributed by atoms with Crippen molar-refractivity contribution in [3.63, 3.8) is 0 Å². The molecule has 0 aliphatic rings. The van der Waals surface area contributed by atoms with Crippen LogP contribution in [0.4, 0.5) is 0 Å². The van der Waals surface area contributed by atoms with E-state index in [0.29, 0.717) is 0 Å². The molecule has 0 saturated carbocycles. The Labute approximate surface area is 60.6 Å². The van der Waals surface area contributed by atoms with Gasteiger partial charge >= 0.3 is 0 Å². The normalized spacial score (nSPS) is 10.3. The maximum absolute atomic E-state index is 5.48. The Kier molecular flexibility index (Phi) is 5.89. The maximum atomic E-state index is 5.48. The molecule has 0 heterocycles. The largest absolute Gasteiger partial charge is 0.147 e. The lowest BCUT2D eigenvalue weighted by atomic mass is 10.4. The van der Waals surface area contributed by atoms with E-state index in [1.807, 2.05) is 6.92 Å². The highest BCUT2D eigenvalue weighted by atomic mass is 35.5. The second-order valence-corrected chi connectivity index (χ2v) is 3.29. The second kappa shape index (κ2) is 3.82. The standard InChI is InChI=1S/C4H8Cl2.ClH/c1-3-4(2,5)6;/h3H2,1-2H3;1H. The third-order valence-electron chi connectivity index (χ3n) is 0.621. The Morgan fingerprint density at radius 3 is 1.57 bits per heavy atom. The second-order valence-electron chi connectivity index (χ2n) is 1.42. The fraction of sp³-hybridized carbons (Fsp3) is 1.00. The molecule has 0 radical (unpaired) electrons. The lowest BCUT2D eigenvalue weighted by molar-refractivity contribution is 0.821. The zero-order valence-corrected chi connectivity index (χ0v) is 6.70. The van der Waals surface area contributed by atoms with Gasteiger partial charge in [0.1, 0.15) is 4.33 Å². The van der Waals surface area contributed by atoms with E-state index in [4.69, 9.17) is 23.2 Å². The molecule has 7 heavy (non-hydrogen) atoms. The van der Waals surface area contributed by atoms with Gasteiger partial charge < -0.3 is 0 Å². The van der Waals surface area contributed by atoms with Crippen LogP contribution in [0.15, 0.2) is 0 Å². The van der Waals surface area contributed by atoms with E-state index in [0.717, 1.165) is 6.42 Å². The third kappa shape index (κ3) is 10.9. The van der Waals surface area contributed by atoms with Crippen molar-refractivity contribution in [2.24, 2.45) is 0 Å². The molecule has 0 fully saturated rings. The van der Waals surface area contributed by atoms with Crippen LogP contribution in [0.5, 0.6) is 0 Å². The van der Waals surface area contributed by atoms with Crippen molar-refractivity contribution in [3.05, 3.63) is 0 Å². The van der Waals surface area contributed by atoms with E-state index in [1.54, 1.807) is 6.92 Å². The fourth-order valence-corrected chi connectivity index (χ4v) is 0. The van der Waals surface area contributed by atoms with Gasteiger partial charge in [0.2, 0.25) is 0 Å². The molecule has 0 aliphatic carbocycles. The van der Waals surface area contributed by atoms with Crippen molar-refractivity contribution in [3.8, 4) is 0 Å². The summed E-state index contributed by atoms with van der Waals surface area (Å²) >= 11 is 11.0. The Hall–Kier alpha value is 0.870. The monoisotopic (exact) mass is 162 g/mol. The summed E-state index contributed by atoms with van der Waals surface area (Å²) in [6.45, 7) is 3.72. The minimum absolute atomic E-state index is 0.